The summed E-state index contributed by atoms with van der Waals surface area (Å²) in [5.41, 5.74) is 0. The molecule has 0 rings (SSSR count). The van der Waals surface area contributed by atoms with Crippen molar-refractivity contribution in [2.75, 3.05) is 13.6 Å². The lowest BCUT2D eigenvalue weighted by atomic mass is 10.5. The van der Waals surface area contributed by atoms with Gasteiger partial charge < -0.3 is 4.90 Å². The van der Waals surface area contributed by atoms with Crippen LogP contribution in [0, 0.1) is 0 Å². The predicted molar refractivity (Wildman–Crippen MR) is 33.1 cm³/mol. The first-order valence-electron chi connectivity index (χ1n) is 2.64. The number of nitrogens with zero attached hydrogens (tertiary/aromatic N) is 1. The Morgan fingerprint density at radius 1 is 1.71 bits per heavy atom. The fraction of sp³-hybridized carbons (Fsp3) is 0.667. The van der Waals surface area contributed by atoms with Crippen LogP contribution in [-0.2, 0) is 0 Å². The Morgan fingerprint density at radius 3 is 2.43 bits per heavy atom. The Hall–Kier alpha value is -0.460. The molecule has 0 bridgehead atoms. The summed E-state index contributed by atoms with van der Waals surface area (Å²) in [6.07, 6.45) is 3.03. The lowest BCUT2D eigenvalue weighted by Gasteiger charge is -2.09. The van der Waals surface area contributed by atoms with Gasteiger partial charge in [-0.05, 0) is 12.6 Å². The summed E-state index contributed by atoms with van der Waals surface area (Å²) in [7, 11) is 2.02. The molecule has 0 heterocycles. The Morgan fingerprint density at radius 2 is 2.29 bits per heavy atom. The van der Waals surface area contributed by atoms with Crippen molar-refractivity contribution in [1.29, 1.82) is 0 Å². The molecule has 1 nitrogen and oxygen atoms in total. The lowest BCUT2D eigenvalue weighted by molar-refractivity contribution is 0.456. The molecule has 0 saturated heterocycles. The number of rotatable bonds is 3. The molecule has 0 aliphatic carbocycles. The van der Waals surface area contributed by atoms with Crippen LogP contribution < -0.4 is 0 Å². The van der Waals surface area contributed by atoms with Crippen molar-refractivity contribution in [2.45, 2.75) is 13.3 Å². The van der Waals surface area contributed by atoms with Crippen LogP contribution in [-0.4, -0.2) is 18.5 Å². The van der Waals surface area contributed by atoms with E-state index >= 15 is 0 Å². The first kappa shape index (κ1) is 6.54. The maximum absolute atomic E-state index is 3.61. The molecule has 0 aliphatic heterocycles. The Labute approximate surface area is 45.6 Å². The quantitative estimate of drug-likeness (QED) is 0.518. The van der Waals surface area contributed by atoms with Crippen LogP contribution in [0.3, 0.4) is 0 Å². The molecule has 0 unspecified atom stereocenters. The van der Waals surface area contributed by atoms with Crippen LogP contribution in [0.5, 0.6) is 0 Å². The van der Waals surface area contributed by atoms with Crippen molar-refractivity contribution in [3.63, 3.8) is 0 Å². The van der Waals surface area contributed by atoms with E-state index in [2.05, 4.69) is 18.4 Å². The highest BCUT2D eigenvalue weighted by atomic mass is 15.1. The highest BCUT2D eigenvalue weighted by Gasteiger charge is 1.81. The summed E-state index contributed by atoms with van der Waals surface area (Å²) in [6, 6.07) is 0. The summed E-state index contributed by atoms with van der Waals surface area (Å²) in [5.74, 6) is 0. The molecular formula is C6H13N. The molecule has 0 N–H and O–H groups in total. The molecule has 0 aromatic rings. The normalized spacial score (nSPS) is 8.29. The van der Waals surface area contributed by atoms with Crippen LogP contribution in [0.1, 0.15) is 13.3 Å². The van der Waals surface area contributed by atoms with Crippen molar-refractivity contribution in [2.24, 2.45) is 0 Å². The highest BCUT2D eigenvalue weighted by Crippen LogP contribution is 1.82. The Balaban J connectivity index is 2.98. The molecule has 0 saturated carbocycles. The second-order valence-corrected chi connectivity index (χ2v) is 1.66. The van der Waals surface area contributed by atoms with Gasteiger partial charge in [-0.3, -0.25) is 0 Å². The summed E-state index contributed by atoms with van der Waals surface area (Å²) >= 11 is 0. The zero-order valence-electron chi connectivity index (χ0n) is 5.15. The van der Waals surface area contributed by atoms with Crippen LogP contribution >= 0.6 is 0 Å². The Bertz CT molecular complexity index is 50.1. The van der Waals surface area contributed by atoms with Crippen molar-refractivity contribution in [3.8, 4) is 0 Å². The van der Waals surface area contributed by atoms with Crippen LogP contribution in [0.25, 0.3) is 0 Å². The van der Waals surface area contributed by atoms with Gasteiger partial charge in [0.1, 0.15) is 0 Å². The van der Waals surface area contributed by atoms with E-state index < -0.39 is 0 Å². The van der Waals surface area contributed by atoms with E-state index in [1.807, 2.05) is 13.2 Å². The zero-order chi connectivity index (χ0) is 5.70. The number of hydrogen-bond donors (Lipinski definition) is 0. The van der Waals surface area contributed by atoms with E-state index in [0.717, 1.165) is 6.54 Å². The molecule has 0 fully saturated rings. The fourth-order valence-corrected chi connectivity index (χ4v) is 0.444. The van der Waals surface area contributed by atoms with Crippen LogP contribution in [0.2, 0.25) is 0 Å². The minimum Gasteiger partial charge on any atom is -0.381 e. The van der Waals surface area contributed by atoms with Crippen LogP contribution in [0.15, 0.2) is 12.8 Å². The van der Waals surface area contributed by atoms with Gasteiger partial charge in [0.05, 0.1) is 0 Å². The van der Waals surface area contributed by atoms with Crippen molar-refractivity contribution < 1.29 is 0 Å². The molecule has 0 amide bonds. The molecule has 0 aliphatic rings. The van der Waals surface area contributed by atoms with E-state index in [1.165, 1.54) is 6.42 Å². The molecule has 0 atom stereocenters. The smallest absolute Gasteiger partial charge is 0.0166 e. The topological polar surface area (TPSA) is 3.24 Å². The second kappa shape index (κ2) is 3.72. The Kier molecular flexibility index (Phi) is 3.48. The van der Waals surface area contributed by atoms with Crippen molar-refractivity contribution in [1.82, 2.24) is 4.90 Å². The first-order chi connectivity index (χ1) is 3.31. The van der Waals surface area contributed by atoms with E-state index in [4.69, 9.17) is 0 Å². The summed E-state index contributed by atoms with van der Waals surface area (Å²) < 4.78 is 0. The van der Waals surface area contributed by atoms with Gasteiger partial charge in [-0.15, -0.1) is 0 Å². The second-order valence-electron chi connectivity index (χ2n) is 1.66. The van der Waals surface area contributed by atoms with Crippen molar-refractivity contribution >= 4 is 0 Å². The molecule has 42 valence electrons. The molecule has 0 aromatic heterocycles. The first-order valence-corrected chi connectivity index (χ1v) is 2.64. The maximum atomic E-state index is 3.61. The standard InChI is InChI=1S/C6H13N/c1-4-6-7(3)5-2/h5H,2,4,6H2,1,3H3. The maximum Gasteiger partial charge on any atom is 0.0166 e. The van der Waals surface area contributed by atoms with E-state index in [0.29, 0.717) is 0 Å². The molecular weight excluding hydrogens is 86.1 g/mol. The SMILES string of the molecule is C=CN(C)CCC. The summed E-state index contributed by atoms with van der Waals surface area (Å²) in [6.45, 7) is 6.87. The zero-order valence-corrected chi connectivity index (χ0v) is 5.15. The minimum absolute atomic E-state index is 1.11. The molecule has 0 aromatic carbocycles. The van der Waals surface area contributed by atoms with Gasteiger partial charge in [-0.2, -0.15) is 0 Å². The molecule has 0 spiro atoms. The average Bonchev–Trinajstić information content (AvgIpc) is 1.68. The number of hydrogen-bond acceptors (Lipinski definition) is 1. The molecule has 0 radical (unpaired) electrons. The summed E-state index contributed by atoms with van der Waals surface area (Å²) in [4.78, 5) is 2.07. The highest BCUT2D eigenvalue weighted by molar-refractivity contribution is 4.64. The van der Waals surface area contributed by atoms with E-state index in [-0.39, 0.29) is 0 Å². The third-order valence-corrected chi connectivity index (χ3v) is 0.888. The predicted octanol–water partition coefficient (Wildman–Crippen LogP) is 1.47. The summed E-state index contributed by atoms with van der Waals surface area (Å²) in [5, 5.41) is 0. The van der Waals surface area contributed by atoms with Gasteiger partial charge in [-0.1, -0.05) is 13.5 Å². The van der Waals surface area contributed by atoms with Gasteiger partial charge >= 0.3 is 0 Å². The third-order valence-electron chi connectivity index (χ3n) is 0.888. The van der Waals surface area contributed by atoms with Gasteiger partial charge in [-0.25, -0.2) is 0 Å². The largest absolute Gasteiger partial charge is 0.381 e. The third kappa shape index (κ3) is 3.37. The van der Waals surface area contributed by atoms with Crippen molar-refractivity contribution in [3.05, 3.63) is 12.8 Å². The van der Waals surface area contributed by atoms with E-state index in [1.54, 1.807) is 0 Å². The van der Waals surface area contributed by atoms with Gasteiger partial charge in [0.2, 0.25) is 0 Å². The molecule has 7 heavy (non-hydrogen) atoms. The minimum atomic E-state index is 1.11. The lowest BCUT2D eigenvalue weighted by Crippen LogP contribution is -2.09. The van der Waals surface area contributed by atoms with E-state index in [9.17, 15) is 0 Å². The fourth-order valence-electron chi connectivity index (χ4n) is 0.444. The van der Waals surface area contributed by atoms with Gasteiger partial charge in [0, 0.05) is 13.6 Å². The average molecular weight is 99.2 g/mol. The molecule has 1 heteroatoms. The van der Waals surface area contributed by atoms with Gasteiger partial charge in [0.25, 0.3) is 0 Å². The van der Waals surface area contributed by atoms with Gasteiger partial charge in [0.15, 0.2) is 0 Å². The van der Waals surface area contributed by atoms with Crippen LogP contribution in [0.4, 0.5) is 0 Å². The monoisotopic (exact) mass is 99.1 g/mol.